The van der Waals surface area contributed by atoms with Gasteiger partial charge in [-0.2, -0.15) is 0 Å². The molecule has 1 aromatic rings. The summed E-state index contributed by atoms with van der Waals surface area (Å²) in [5, 5.41) is 3.17. The number of carbonyl (C=O) groups excluding carboxylic acids is 1. The van der Waals surface area contributed by atoms with E-state index in [4.69, 9.17) is 9.47 Å². The lowest BCUT2D eigenvalue weighted by Gasteiger charge is -2.23. The molecule has 8 heteroatoms. The zero-order valence-corrected chi connectivity index (χ0v) is 18.4. The van der Waals surface area contributed by atoms with Gasteiger partial charge in [-0.3, -0.25) is 4.79 Å². The van der Waals surface area contributed by atoms with Gasteiger partial charge < -0.3 is 24.6 Å². The van der Waals surface area contributed by atoms with Crippen molar-refractivity contribution < 1.29 is 14.3 Å². The number of hydrogen-bond donors (Lipinski definition) is 1. The van der Waals surface area contributed by atoms with E-state index in [1.54, 1.807) is 34.4 Å². The van der Waals surface area contributed by atoms with Gasteiger partial charge in [-0.1, -0.05) is 6.08 Å². The summed E-state index contributed by atoms with van der Waals surface area (Å²) in [6.45, 7) is 4.90. The van der Waals surface area contributed by atoms with Crippen molar-refractivity contribution >= 4 is 35.8 Å². The van der Waals surface area contributed by atoms with Crippen LogP contribution in [0.1, 0.15) is 5.56 Å². The predicted octanol–water partition coefficient (Wildman–Crippen LogP) is 1.97. The van der Waals surface area contributed by atoms with Gasteiger partial charge in [0.15, 0.2) is 5.96 Å². The molecule has 0 unspecified atom stereocenters. The number of likely N-dealkylation sites (N-methyl/N-ethyl adjacent to an activating group) is 1. The van der Waals surface area contributed by atoms with Gasteiger partial charge >= 0.3 is 0 Å². The Labute approximate surface area is 173 Å². The highest BCUT2D eigenvalue weighted by atomic mass is 127. The Balaban J connectivity index is 0.00000625. The molecule has 1 N–H and O–H groups in total. The van der Waals surface area contributed by atoms with Crippen molar-refractivity contribution in [1.82, 2.24) is 15.1 Å². The molecule has 0 atom stereocenters. The Morgan fingerprint density at radius 3 is 2.50 bits per heavy atom. The lowest BCUT2D eigenvalue weighted by atomic mass is 10.2. The SMILES string of the molecule is C=CCNC(=NCC(=O)N(C)C)N(C)Cc1ccc(OC)cc1OC.I. The van der Waals surface area contributed by atoms with Crippen molar-refractivity contribution in [1.29, 1.82) is 0 Å². The Kier molecular flexibility index (Phi) is 11.5. The third-order valence-electron chi connectivity index (χ3n) is 3.53. The van der Waals surface area contributed by atoms with Crippen LogP contribution in [0.3, 0.4) is 0 Å². The second-order valence-electron chi connectivity index (χ2n) is 5.63. The number of hydrogen-bond acceptors (Lipinski definition) is 4. The second kappa shape index (κ2) is 12.4. The third-order valence-corrected chi connectivity index (χ3v) is 3.53. The van der Waals surface area contributed by atoms with Gasteiger partial charge in [-0.15, -0.1) is 30.6 Å². The van der Waals surface area contributed by atoms with Crippen LogP contribution in [0.2, 0.25) is 0 Å². The molecule has 26 heavy (non-hydrogen) atoms. The van der Waals surface area contributed by atoms with Crippen LogP contribution < -0.4 is 14.8 Å². The van der Waals surface area contributed by atoms with Gasteiger partial charge in [0.2, 0.25) is 5.91 Å². The summed E-state index contributed by atoms with van der Waals surface area (Å²) in [5.74, 6) is 2.03. The molecule has 1 amide bonds. The minimum atomic E-state index is -0.0617. The summed E-state index contributed by atoms with van der Waals surface area (Å²) in [7, 11) is 8.56. The maximum absolute atomic E-state index is 11.8. The van der Waals surface area contributed by atoms with Gasteiger partial charge in [-0.05, 0) is 12.1 Å². The summed E-state index contributed by atoms with van der Waals surface area (Å²) in [5.41, 5.74) is 0.984. The maximum atomic E-state index is 11.8. The van der Waals surface area contributed by atoms with E-state index in [0.717, 1.165) is 17.1 Å². The van der Waals surface area contributed by atoms with Crippen LogP contribution in [0.4, 0.5) is 0 Å². The van der Waals surface area contributed by atoms with E-state index in [2.05, 4.69) is 16.9 Å². The first-order valence-electron chi connectivity index (χ1n) is 7.94. The molecule has 1 aromatic carbocycles. The van der Waals surface area contributed by atoms with Crippen LogP contribution >= 0.6 is 24.0 Å². The highest BCUT2D eigenvalue weighted by Gasteiger charge is 2.12. The molecule has 0 aliphatic carbocycles. The fourth-order valence-corrected chi connectivity index (χ4v) is 2.07. The van der Waals surface area contributed by atoms with Crippen molar-refractivity contribution in [2.24, 2.45) is 4.99 Å². The van der Waals surface area contributed by atoms with Crippen LogP contribution in [0.25, 0.3) is 0 Å². The van der Waals surface area contributed by atoms with Crippen molar-refractivity contribution in [3.63, 3.8) is 0 Å². The van der Waals surface area contributed by atoms with E-state index in [1.807, 2.05) is 30.1 Å². The molecule has 0 radical (unpaired) electrons. The van der Waals surface area contributed by atoms with Gasteiger partial charge in [0.1, 0.15) is 18.0 Å². The fourth-order valence-electron chi connectivity index (χ4n) is 2.07. The summed E-state index contributed by atoms with van der Waals surface area (Å²) in [6.07, 6.45) is 1.74. The number of aliphatic imine (C=N–C) groups is 1. The van der Waals surface area contributed by atoms with E-state index in [-0.39, 0.29) is 36.4 Å². The number of rotatable bonds is 8. The van der Waals surface area contributed by atoms with E-state index in [1.165, 1.54) is 4.90 Å². The molecule has 1 rings (SSSR count). The number of benzene rings is 1. The monoisotopic (exact) mass is 476 g/mol. The number of nitrogens with zero attached hydrogens (tertiary/aromatic N) is 3. The molecule has 0 saturated heterocycles. The van der Waals surface area contributed by atoms with Crippen molar-refractivity contribution in [2.45, 2.75) is 6.54 Å². The van der Waals surface area contributed by atoms with E-state index in [0.29, 0.717) is 19.0 Å². The standard InChI is InChI=1S/C18H28N4O3.HI/c1-7-10-19-18(20-12-17(23)21(2)3)22(4)13-14-8-9-15(24-5)11-16(14)25-6;/h7-9,11H,1,10,12-13H2,2-6H3,(H,19,20);1H. The number of nitrogens with one attached hydrogen (secondary N) is 1. The molecular weight excluding hydrogens is 447 g/mol. The van der Waals surface area contributed by atoms with Crippen LogP contribution in [-0.2, 0) is 11.3 Å². The lowest BCUT2D eigenvalue weighted by molar-refractivity contribution is -0.127. The highest BCUT2D eigenvalue weighted by molar-refractivity contribution is 14.0. The lowest BCUT2D eigenvalue weighted by Crippen LogP contribution is -2.39. The summed E-state index contributed by atoms with van der Waals surface area (Å²) in [4.78, 5) is 19.6. The average Bonchev–Trinajstić information content (AvgIpc) is 2.61. The smallest absolute Gasteiger partial charge is 0.243 e. The van der Waals surface area contributed by atoms with Gasteiger partial charge in [0.05, 0.1) is 14.2 Å². The molecule has 7 nitrogen and oxygen atoms in total. The summed E-state index contributed by atoms with van der Waals surface area (Å²) < 4.78 is 10.7. The first-order valence-corrected chi connectivity index (χ1v) is 7.94. The van der Waals surface area contributed by atoms with Crippen LogP contribution in [0, 0.1) is 0 Å². The van der Waals surface area contributed by atoms with Crippen molar-refractivity contribution in [3.8, 4) is 11.5 Å². The molecule has 146 valence electrons. The zero-order valence-electron chi connectivity index (χ0n) is 16.1. The Bertz CT molecular complexity index is 620. The van der Waals surface area contributed by atoms with Gasteiger partial charge in [0, 0.05) is 45.9 Å². The van der Waals surface area contributed by atoms with Gasteiger partial charge in [0.25, 0.3) is 0 Å². The molecule has 0 heterocycles. The molecule has 0 fully saturated rings. The normalized spacial score (nSPS) is 10.4. The number of amides is 1. The van der Waals surface area contributed by atoms with E-state index in [9.17, 15) is 4.79 Å². The summed E-state index contributed by atoms with van der Waals surface area (Å²) >= 11 is 0. The molecule has 0 aliphatic heterocycles. The van der Waals surface area contributed by atoms with Crippen molar-refractivity contribution in [3.05, 3.63) is 36.4 Å². The van der Waals surface area contributed by atoms with Crippen LogP contribution in [0.15, 0.2) is 35.8 Å². The summed E-state index contributed by atoms with van der Waals surface area (Å²) in [6, 6.07) is 5.67. The molecule has 0 bridgehead atoms. The first kappa shape index (κ1) is 24.0. The minimum absolute atomic E-state index is 0. The molecule has 0 aliphatic rings. The third kappa shape index (κ3) is 7.51. The molecule has 0 aromatic heterocycles. The number of ether oxygens (including phenoxy) is 2. The Morgan fingerprint density at radius 2 is 1.96 bits per heavy atom. The highest BCUT2D eigenvalue weighted by Crippen LogP contribution is 2.25. The zero-order chi connectivity index (χ0) is 18.8. The average molecular weight is 476 g/mol. The number of methoxy groups -OCH3 is 2. The Hall–Kier alpha value is -1.97. The molecule has 0 spiro atoms. The topological polar surface area (TPSA) is 66.4 Å². The number of guanidine groups is 1. The van der Waals surface area contributed by atoms with E-state index >= 15 is 0 Å². The van der Waals surface area contributed by atoms with Crippen LogP contribution in [0.5, 0.6) is 11.5 Å². The number of carbonyl (C=O) groups is 1. The predicted molar refractivity (Wildman–Crippen MR) is 116 cm³/mol. The van der Waals surface area contributed by atoms with Crippen molar-refractivity contribution in [2.75, 3.05) is 48.5 Å². The second-order valence-corrected chi connectivity index (χ2v) is 5.63. The number of halogens is 1. The minimum Gasteiger partial charge on any atom is -0.497 e. The molecular formula is C18H29IN4O3. The fraction of sp³-hybridized carbons (Fsp3) is 0.444. The van der Waals surface area contributed by atoms with Gasteiger partial charge in [-0.25, -0.2) is 4.99 Å². The largest absolute Gasteiger partial charge is 0.497 e. The van der Waals surface area contributed by atoms with E-state index < -0.39 is 0 Å². The maximum Gasteiger partial charge on any atom is 0.243 e. The Morgan fingerprint density at radius 1 is 1.27 bits per heavy atom. The molecule has 0 saturated carbocycles. The quantitative estimate of drug-likeness (QED) is 0.269. The first-order chi connectivity index (χ1) is 11.9. The van der Waals surface area contributed by atoms with Crippen LogP contribution in [-0.4, -0.2) is 70.1 Å².